The van der Waals surface area contributed by atoms with Gasteiger partial charge in [0, 0.05) is 24.8 Å². The molecular weight excluding hydrogens is 261 g/mol. The maximum Gasteiger partial charge on any atom is 0.490 e. The van der Waals surface area contributed by atoms with Gasteiger partial charge in [-0.25, -0.2) is 4.79 Å². The number of hydrogen-bond acceptors (Lipinski definition) is 3. The minimum atomic E-state index is -5.08. The van der Waals surface area contributed by atoms with Gasteiger partial charge in [-0.05, 0) is 18.6 Å². The number of aliphatic carboxylic acids is 1. The van der Waals surface area contributed by atoms with Gasteiger partial charge in [0.1, 0.15) is 0 Å². The van der Waals surface area contributed by atoms with Crippen molar-refractivity contribution >= 4 is 11.7 Å². The van der Waals surface area contributed by atoms with E-state index in [0.717, 1.165) is 19.5 Å². The molecule has 1 unspecified atom stereocenters. The van der Waals surface area contributed by atoms with E-state index < -0.39 is 12.1 Å². The summed E-state index contributed by atoms with van der Waals surface area (Å²) in [5, 5.41) is 7.12. The van der Waals surface area contributed by atoms with E-state index in [1.807, 2.05) is 6.07 Å². The molecule has 0 spiro atoms. The van der Waals surface area contributed by atoms with Crippen LogP contribution in [0.25, 0.3) is 0 Å². The number of benzene rings is 1. The second-order valence-corrected chi connectivity index (χ2v) is 4.13. The quantitative estimate of drug-likeness (QED) is 0.821. The van der Waals surface area contributed by atoms with Crippen LogP contribution in [-0.4, -0.2) is 36.4 Å². The number of carboxylic acids is 1. The van der Waals surface area contributed by atoms with E-state index in [0.29, 0.717) is 6.04 Å². The Morgan fingerprint density at radius 2 is 1.84 bits per heavy atom. The molecule has 0 amide bonds. The monoisotopic (exact) mass is 276 g/mol. The largest absolute Gasteiger partial charge is 0.490 e. The van der Waals surface area contributed by atoms with Crippen LogP contribution in [0.1, 0.15) is 6.42 Å². The number of nitrogens with two attached hydrogens (primary N) is 1. The van der Waals surface area contributed by atoms with E-state index in [9.17, 15) is 13.2 Å². The highest BCUT2D eigenvalue weighted by molar-refractivity contribution is 5.73. The van der Waals surface area contributed by atoms with Gasteiger partial charge in [0.2, 0.25) is 0 Å². The lowest BCUT2D eigenvalue weighted by Gasteiger charge is -2.17. The van der Waals surface area contributed by atoms with E-state index in [4.69, 9.17) is 15.6 Å². The van der Waals surface area contributed by atoms with E-state index in [1.54, 1.807) is 0 Å². The molecule has 0 aromatic heterocycles. The van der Waals surface area contributed by atoms with E-state index >= 15 is 0 Å². The van der Waals surface area contributed by atoms with Gasteiger partial charge in [-0.3, -0.25) is 0 Å². The summed E-state index contributed by atoms with van der Waals surface area (Å²) in [6.07, 6.45) is -3.96. The van der Waals surface area contributed by atoms with Crippen molar-refractivity contribution in [2.75, 3.05) is 18.0 Å². The van der Waals surface area contributed by atoms with Crippen LogP contribution >= 0.6 is 0 Å². The molecule has 3 N–H and O–H groups in total. The zero-order valence-electron chi connectivity index (χ0n) is 10.1. The first-order valence-corrected chi connectivity index (χ1v) is 5.66. The second-order valence-electron chi connectivity index (χ2n) is 4.13. The molecular formula is C12H15F3N2O2. The van der Waals surface area contributed by atoms with Crippen molar-refractivity contribution in [3.63, 3.8) is 0 Å². The van der Waals surface area contributed by atoms with E-state index in [2.05, 4.69) is 29.2 Å². The number of hydrogen-bond donors (Lipinski definition) is 2. The highest BCUT2D eigenvalue weighted by atomic mass is 19.4. The average Bonchev–Trinajstić information content (AvgIpc) is 2.77. The predicted octanol–water partition coefficient (Wildman–Crippen LogP) is 1.86. The van der Waals surface area contributed by atoms with Crippen LogP contribution in [0.3, 0.4) is 0 Å². The van der Waals surface area contributed by atoms with Crippen molar-refractivity contribution in [2.24, 2.45) is 5.73 Å². The van der Waals surface area contributed by atoms with Gasteiger partial charge in [0.15, 0.2) is 0 Å². The zero-order valence-corrected chi connectivity index (χ0v) is 10.1. The van der Waals surface area contributed by atoms with Crippen LogP contribution in [0.2, 0.25) is 0 Å². The van der Waals surface area contributed by atoms with Gasteiger partial charge in [0.05, 0.1) is 0 Å². The third-order valence-electron chi connectivity index (χ3n) is 2.59. The maximum atomic E-state index is 10.6. The molecule has 1 aromatic rings. The lowest BCUT2D eigenvalue weighted by atomic mass is 10.3. The molecule has 1 aliphatic rings. The first kappa shape index (κ1) is 15.3. The molecule has 0 aliphatic carbocycles. The molecule has 0 radical (unpaired) electrons. The molecule has 19 heavy (non-hydrogen) atoms. The van der Waals surface area contributed by atoms with Crippen LogP contribution in [0.5, 0.6) is 0 Å². The first-order valence-electron chi connectivity index (χ1n) is 5.66. The lowest BCUT2D eigenvalue weighted by Crippen LogP contribution is -2.26. The molecule has 106 valence electrons. The molecule has 0 bridgehead atoms. The number of alkyl halides is 3. The molecule has 2 rings (SSSR count). The van der Waals surface area contributed by atoms with Gasteiger partial charge in [-0.15, -0.1) is 0 Å². The summed E-state index contributed by atoms with van der Waals surface area (Å²) in [5.74, 6) is -2.76. The molecule has 1 heterocycles. The molecule has 1 saturated heterocycles. The lowest BCUT2D eigenvalue weighted by molar-refractivity contribution is -0.192. The molecule has 1 fully saturated rings. The van der Waals surface area contributed by atoms with Crippen LogP contribution in [-0.2, 0) is 4.79 Å². The SMILES string of the molecule is NC1CCN(c2ccccc2)C1.O=C(O)C(F)(F)F. The Balaban J connectivity index is 0.000000224. The standard InChI is InChI=1S/C10H14N2.C2HF3O2/c11-9-6-7-12(8-9)10-4-2-1-3-5-10;3-2(4,5)1(6)7/h1-5,9H,6-8,11H2;(H,6,7). The van der Waals surface area contributed by atoms with Crippen LogP contribution < -0.4 is 10.6 Å². The Morgan fingerprint density at radius 1 is 1.32 bits per heavy atom. The number of halogens is 3. The number of carbonyl (C=O) groups is 1. The normalized spacial score (nSPS) is 18.7. The zero-order chi connectivity index (χ0) is 14.5. The summed E-state index contributed by atoms with van der Waals surface area (Å²) >= 11 is 0. The van der Waals surface area contributed by atoms with Crippen molar-refractivity contribution in [2.45, 2.75) is 18.6 Å². The van der Waals surface area contributed by atoms with E-state index in [-0.39, 0.29) is 0 Å². The minimum Gasteiger partial charge on any atom is -0.475 e. The Hall–Kier alpha value is -1.76. The summed E-state index contributed by atoms with van der Waals surface area (Å²) in [6, 6.07) is 10.8. The highest BCUT2D eigenvalue weighted by Gasteiger charge is 2.38. The topological polar surface area (TPSA) is 66.6 Å². The summed E-state index contributed by atoms with van der Waals surface area (Å²) in [7, 11) is 0. The van der Waals surface area contributed by atoms with Gasteiger partial charge in [0.25, 0.3) is 0 Å². The fourth-order valence-corrected chi connectivity index (χ4v) is 1.66. The summed E-state index contributed by atoms with van der Waals surface area (Å²) in [4.78, 5) is 11.2. The van der Waals surface area contributed by atoms with Gasteiger partial charge in [-0.1, -0.05) is 18.2 Å². The fourth-order valence-electron chi connectivity index (χ4n) is 1.66. The molecule has 4 nitrogen and oxygen atoms in total. The third-order valence-corrected chi connectivity index (χ3v) is 2.59. The third kappa shape index (κ3) is 5.17. The van der Waals surface area contributed by atoms with Crippen molar-refractivity contribution < 1.29 is 23.1 Å². The van der Waals surface area contributed by atoms with E-state index in [1.165, 1.54) is 5.69 Å². The molecule has 0 saturated carbocycles. The molecule has 7 heteroatoms. The van der Waals surface area contributed by atoms with Crippen molar-refractivity contribution in [3.8, 4) is 0 Å². The minimum absolute atomic E-state index is 0.366. The van der Waals surface area contributed by atoms with Crippen molar-refractivity contribution in [1.29, 1.82) is 0 Å². The van der Waals surface area contributed by atoms with Crippen LogP contribution in [0.4, 0.5) is 18.9 Å². The summed E-state index contributed by atoms with van der Waals surface area (Å²) in [5.41, 5.74) is 7.12. The van der Waals surface area contributed by atoms with Crippen LogP contribution in [0, 0.1) is 0 Å². The number of anilines is 1. The van der Waals surface area contributed by atoms with Crippen molar-refractivity contribution in [1.82, 2.24) is 0 Å². The Morgan fingerprint density at radius 3 is 2.21 bits per heavy atom. The summed E-state index contributed by atoms with van der Waals surface area (Å²) < 4.78 is 31.7. The maximum absolute atomic E-state index is 10.6. The number of para-hydroxylation sites is 1. The average molecular weight is 276 g/mol. The number of carboxylic acid groups (broad SMARTS) is 1. The molecule has 1 aromatic carbocycles. The smallest absolute Gasteiger partial charge is 0.475 e. The Bertz CT molecular complexity index is 409. The predicted molar refractivity (Wildman–Crippen MR) is 64.9 cm³/mol. The number of rotatable bonds is 1. The van der Waals surface area contributed by atoms with Gasteiger partial charge in [-0.2, -0.15) is 13.2 Å². The Kier molecular flexibility index (Phi) is 5.17. The first-order chi connectivity index (χ1) is 8.80. The van der Waals surface area contributed by atoms with Crippen molar-refractivity contribution in [3.05, 3.63) is 30.3 Å². The van der Waals surface area contributed by atoms with Crippen LogP contribution in [0.15, 0.2) is 30.3 Å². The second kappa shape index (κ2) is 6.42. The summed E-state index contributed by atoms with van der Waals surface area (Å²) in [6.45, 7) is 2.11. The Labute approximate surface area is 108 Å². The van der Waals surface area contributed by atoms with Gasteiger partial charge < -0.3 is 15.7 Å². The molecule has 1 aliphatic heterocycles. The molecule has 1 atom stereocenters. The van der Waals surface area contributed by atoms with Gasteiger partial charge >= 0.3 is 12.1 Å². The number of nitrogens with zero attached hydrogens (tertiary/aromatic N) is 1. The highest BCUT2D eigenvalue weighted by Crippen LogP contribution is 2.18. The fraction of sp³-hybridized carbons (Fsp3) is 0.417.